The van der Waals surface area contributed by atoms with Gasteiger partial charge in [-0.1, -0.05) is 48.5 Å². The Kier molecular flexibility index (Phi) is 10.2. The molecule has 0 radical (unpaired) electrons. The number of morpholine rings is 1. The highest BCUT2D eigenvalue weighted by Gasteiger charge is 2.35. The Balaban J connectivity index is 1.52. The monoisotopic (exact) mass is 550 g/mol. The zero-order chi connectivity index (χ0) is 28.5. The molecule has 0 bridgehead atoms. The van der Waals surface area contributed by atoms with Gasteiger partial charge in [-0.3, -0.25) is 14.5 Å². The molecule has 0 aliphatic carbocycles. The fourth-order valence-corrected chi connectivity index (χ4v) is 5.11. The highest BCUT2D eigenvalue weighted by Crippen LogP contribution is 2.22. The molecule has 0 spiro atoms. The van der Waals surface area contributed by atoms with Crippen molar-refractivity contribution >= 4 is 23.6 Å². The van der Waals surface area contributed by atoms with Crippen molar-refractivity contribution in [3.63, 3.8) is 0 Å². The summed E-state index contributed by atoms with van der Waals surface area (Å²) >= 11 is 0. The van der Waals surface area contributed by atoms with Crippen LogP contribution in [0.5, 0.6) is 0 Å². The fraction of sp³-hybridized carbons (Fsp3) is 0.516. The summed E-state index contributed by atoms with van der Waals surface area (Å²) in [5.74, 6) is -0.177. The first-order chi connectivity index (χ1) is 19.2. The van der Waals surface area contributed by atoms with Gasteiger partial charge in [-0.05, 0) is 38.5 Å². The van der Waals surface area contributed by atoms with Crippen molar-refractivity contribution in [1.29, 1.82) is 0 Å². The van der Waals surface area contributed by atoms with Crippen LogP contribution in [0.2, 0.25) is 0 Å². The largest absolute Gasteiger partial charge is 0.444 e. The first-order valence-corrected chi connectivity index (χ1v) is 14.2. The second kappa shape index (κ2) is 13.8. The van der Waals surface area contributed by atoms with Gasteiger partial charge in [-0.2, -0.15) is 0 Å². The number of carbonyl (C=O) groups excluding carboxylic acids is 3. The summed E-state index contributed by atoms with van der Waals surface area (Å²) in [6, 6.07) is 19.4. The summed E-state index contributed by atoms with van der Waals surface area (Å²) in [6.07, 6.45) is -0.138. The van der Waals surface area contributed by atoms with E-state index in [4.69, 9.17) is 9.47 Å². The quantitative estimate of drug-likeness (QED) is 0.498. The molecule has 2 aromatic rings. The Bertz CT molecular complexity index is 1120. The molecule has 4 rings (SSSR count). The van der Waals surface area contributed by atoms with Gasteiger partial charge >= 0.3 is 6.09 Å². The number of rotatable bonds is 8. The zero-order valence-corrected chi connectivity index (χ0v) is 24.0. The molecule has 2 fully saturated rings. The minimum absolute atomic E-state index is 0.0354. The summed E-state index contributed by atoms with van der Waals surface area (Å²) < 4.78 is 11.1. The third-order valence-corrected chi connectivity index (χ3v) is 7.12. The summed E-state index contributed by atoms with van der Waals surface area (Å²) in [5, 5.41) is 0. The molecule has 0 saturated carbocycles. The maximum Gasteiger partial charge on any atom is 0.410 e. The van der Waals surface area contributed by atoms with E-state index in [1.165, 1.54) is 5.56 Å². The molecule has 2 saturated heterocycles. The third-order valence-electron chi connectivity index (χ3n) is 7.12. The average molecular weight is 551 g/mol. The molecule has 1 atom stereocenters. The average Bonchev–Trinajstić information content (AvgIpc) is 2.95. The van der Waals surface area contributed by atoms with Crippen LogP contribution >= 0.6 is 0 Å². The van der Waals surface area contributed by atoms with Gasteiger partial charge in [0, 0.05) is 64.3 Å². The first-order valence-electron chi connectivity index (χ1n) is 14.2. The normalized spacial score (nSPS) is 18.3. The smallest absolute Gasteiger partial charge is 0.410 e. The lowest BCUT2D eigenvalue weighted by molar-refractivity contribution is -0.136. The van der Waals surface area contributed by atoms with E-state index < -0.39 is 5.60 Å². The Labute approximate surface area is 237 Å². The van der Waals surface area contributed by atoms with Crippen molar-refractivity contribution in [3.8, 4) is 0 Å². The summed E-state index contributed by atoms with van der Waals surface area (Å²) in [7, 11) is 0. The van der Waals surface area contributed by atoms with Gasteiger partial charge < -0.3 is 24.2 Å². The van der Waals surface area contributed by atoms with Crippen LogP contribution in [0.25, 0.3) is 0 Å². The topological polar surface area (TPSA) is 82.6 Å². The number of benzene rings is 2. The molecule has 0 unspecified atom stereocenters. The van der Waals surface area contributed by atoms with E-state index in [1.807, 2.05) is 69.3 Å². The lowest BCUT2D eigenvalue weighted by Gasteiger charge is -2.43. The van der Waals surface area contributed by atoms with Crippen molar-refractivity contribution < 1.29 is 23.9 Å². The number of hydrogen-bond donors (Lipinski definition) is 0. The lowest BCUT2D eigenvalue weighted by Crippen LogP contribution is -2.59. The molecule has 40 heavy (non-hydrogen) atoms. The van der Waals surface area contributed by atoms with Gasteiger partial charge in [0.15, 0.2) is 0 Å². The molecule has 2 aliphatic heterocycles. The van der Waals surface area contributed by atoms with E-state index in [-0.39, 0.29) is 36.8 Å². The predicted octanol–water partition coefficient (Wildman–Crippen LogP) is 3.78. The van der Waals surface area contributed by atoms with Crippen LogP contribution in [0, 0.1) is 0 Å². The van der Waals surface area contributed by atoms with Gasteiger partial charge in [0.1, 0.15) is 5.60 Å². The molecule has 3 amide bonds. The minimum Gasteiger partial charge on any atom is -0.444 e. The molecule has 2 heterocycles. The van der Waals surface area contributed by atoms with Crippen molar-refractivity contribution in [2.45, 2.75) is 51.8 Å². The zero-order valence-electron chi connectivity index (χ0n) is 24.0. The van der Waals surface area contributed by atoms with Gasteiger partial charge in [0.25, 0.3) is 0 Å². The molecular weight excluding hydrogens is 508 g/mol. The van der Waals surface area contributed by atoms with Crippen LogP contribution in [-0.2, 0) is 25.6 Å². The molecule has 9 nitrogen and oxygen atoms in total. The number of anilines is 1. The molecular formula is C31H42N4O5. The van der Waals surface area contributed by atoms with E-state index in [1.54, 1.807) is 14.7 Å². The minimum atomic E-state index is -0.627. The van der Waals surface area contributed by atoms with Crippen LogP contribution < -0.4 is 4.90 Å². The number of carbonyl (C=O) groups is 3. The number of piperazine rings is 1. The molecule has 2 aromatic carbocycles. The fourth-order valence-electron chi connectivity index (χ4n) is 5.11. The maximum absolute atomic E-state index is 13.7. The highest BCUT2D eigenvalue weighted by atomic mass is 16.6. The Morgan fingerprint density at radius 1 is 0.900 bits per heavy atom. The number of nitrogens with zero attached hydrogens (tertiary/aromatic N) is 4. The Hall–Kier alpha value is -3.43. The predicted molar refractivity (Wildman–Crippen MR) is 154 cm³/mol. The van der Waals surface area contributed by atoms with Crippen molar-refractivity contribution in [1.82, 2.24) is 14.7 Å². The van der Waals surface area contributed by atoms with Gasteiger partial charge in [0.2, 0.25) is 11.8 Å². The van der Waals surface area contributed by atoms with Crippen LogP contribution in [-0.4, -0.2) is 96.7 Å². The molecule has 9 heteroatoms. The van der Waals surface area contributed by atoms with Gasteiger partial charge in [-0.25, -0.2) is 4.79 Å². The van der Waals surface area contributed by atoms with Crippen molar-refractivity contribution in [2.24, 2.45) is 0 Å². The summed E-state index contributed by atoms with van der Waals surface area (Å²) in [6.45, 7) is 10.6. The van der Waals surface area contributed by atoms with Gasteiger partial charge in [-0.15, -0.1) is 0 Å². The van der Waals surface area contributed by atoms with Crippen LogP contribution in [0.4, 0.5) is 10.5 Å². The van der Waals surface area contributed by atoms with E-state index in [0.29, 0.717) is 52.5 Å². The number of amides is 3. The van der Waals surface area contributed by atoms with Crippen LogP contribution in [0.3, 0.4) is 0 Å². The first kappa shape index (κ1) is 29.6. The molecule has 0 aromatic heterocycles. The standard InChI is InChI=1S/C31H42N4O5/c1-31(2,3)40-30(38)34-17-16-32(22-25-10-6-4-7-11-25)23-27(34)24-35(26-12-8-5-9-13-26)29(37)15-14-28(36)33-18-20-39-21-19-33/h4-13,27H,14-24H2,1-3H3/t27-/m0/s1. The molecule has 216 valence electrons. The summed E-state index contributed by atoms with van der Waals surface area (Å²) in [4.78, 5) is 47.3. The lowest BCUT2D eigenvalue weighted by atomic mass is 10.1. The third kappa shape index (κ3) is 8.53. The molecule has 0 N–H and O–H groups in total. The Morgan fingerprint density at radius 3 is 2.20 bits per heavy atom. The van der Waals surface area contributed by atoms with E-state index in [9.17, 15) is 14.4 Å². The Morgan fingerprint density at radius 2 is 1.55 bits per heavy atom. The van der Waals surface area contributed by atoms with Gasteiger partial charge in [0.05, 0.1) is 19.3 Å². The van der Waals surface area contributed by atoms with E-state index in [0.717, 1.165) is 12.2 Å². The van der Waals surface area contributed by atoms with Crippen molar-refractivity contribution in [3.05, 3.63) is 66.2 Å². The highest BCUT2D eigenvalue weighted by molar-refractivity contribution is 5.95. The number of para-hydroxylation sites is 1. The second-order valence-corrected chi connectivity index (χ2v) is 11.4. The SMILES string of the molecule is CC(C)(C)OC(=O)N1CCN(Cc2ccccc2)C[C@H]1CN(C(=O)CCC(=O)N1CCOCC1)c1ccccc1. The van der Waals surface area contributed by atoms with Crippen molar-refractivity contribution in [2.75, 3.05) is 57.4 Å². The summed E-state index contributed by atoms with van der Waals surface area (Å²) in [5.41, 5.74) is 1.32. The number of ether oxygens (including phenoxy) is 2. The van der Waals surface area contributed by atoms with Crippen LogP contribution in [0.15, 0.2) is 60.7 Å². The van der Waals surface area contributed by atoms with E-state index in [2.05, 4.69) is 17.0 Å². The van der Waals surface area contributed by atoms with Crippen LogP contribution in [0.1, 0.15) is 39.2 Å². The second-order valence-electron chi connectivity index (χ2n) is 11.4. The molecule has 2 aliphatic rings. The number of hydrogen-bond acceptors (Lipinski definition) is 6. The van der Waals surface area contributed by atoms with E-state index >= 15 is 0 Å². The maximum atomic E-state index is 13.7.